The van der Waals surface area contributed by atoms with Crippen molar-refractivity contribution in [3.63, 3.8) is 0 Å². The lowest BCUT2D eigenvalue weighted by molar-refractivity contribution is 0.0318. The van der Waals surface area contributed by atoms with Crippen LogP contribution in [0.15, 0.2) is 53.4 Å². The van der Waals surface area contributed by atoms with E-state index in [0.717, 1.165) is 5.56 Å². The Labute approximate surface area is 166 Å². The largest absolute Gasteiger partial charge is 0.451 e. The van der Waals surface area contributed by atoms with Crippen molar-refractivity contribution in [3.8, 4) is 0 Å². The molecule has 2 rings (SSSR count). The van der Waals surface area contributed by atoms with Gasteiger partial charge in [0.2, 0.25) is 15.8 Å². The van der Waals surface area contributed by atoms with Crippen LogP contribution in [0.2, 0.25) is 0 Å². The molecule has 0 radical (unpaired) electrons. The highest BCUT2D eigenvalue weighted by molar-refractivity contribution is 7.89. The standard InChI is InChI=1S/C21H25NO5S/c1-5-22(6-2)28(25,26)19-9-7-8-18(14-19)21(24)27-16(4)20(23)17-12-10-15(3)11-13-17/h7-14,16H,5-6H2,1-4H3/t16-/m1/s1. The molecule has 0 bridgehead atoms. The van der Waals surface area contributed by atoms with Gasteiger partial charge in [0.1, 0.15) is 0 Å². The molecule has 0 aromatic heterocycles. The number of Topliss-reactive ketones (excluding diaryl/α,β-unsaturated/α-hetero) is 1. The summed E-state index contributed by atoms with van der Waals surface area (Å²) in [5, 5.41) is 0. The summed E-state index contributed by atoms with van der Waals surface area (Å²) in [6.07, 6.45) is -0.988. The Hall–Kier alpha value is -2.51. The third kappa shape index (κ3) is 4.85. The second-order valence-electron chi connectivity index (χ2n) is 6.39. The van der Waals surface area contributed by atoms with E-state index in [2.05, 4.69) is 0 Å². The Morgan fingerprint density at radius 3 is 2.18 bits per heavy atom. The second-order valence-corrected chi connectivity index (χ2v) is 8.33. The average Bonchev–Trinajstić information content (AvgIpc) is 2.68. The molecule has 7 heteroatoms. The van der Waals surface area contributed by atoms with Crippen molar-refractivity contribution in [1.29, 1.82) is 0 Å². The van der Waals surface area contributed by atoms with Gasteiger partial charge in [0.05, 0.1) is 10.5 Å². The number of rotatable bonds is 8. The van der Waals surface area contributed by atoms with Crippen molar-refractivity contribution in [2.75, 3.05) is 13.1 Å². The van der Waals surface area contributed by atoms with Gasteiger partial charge in [-0.1, -0.05) is 49.7 Å². The van der Waals surface area contributed by atoms with E-state index in [1.807, 2.05) is 19.1 Å². The maximum Gasteiger partial charge on any atom is 0.338 e. The SMILES string of the molecule is CCN(CC)S(=O)(=O)c1cccc(C(=O)O[C@H](C)C(=O)c2ccc(C)cc2)c1. The first kappa shape index (κ1) is 21.8. The number of sulfonamides is 1. The molecule has 0 aliphatic rings. The Bertz CT molecular complexity index is 947. The lowest BCUT2D eigenvalue weighted by atomic mass is 10.1. The molecule has 0 saturated carbocycles. The van der Waals surface area contributed by atoms with Crippen molar-refractivity contribution < 1.29 is 22.7 Å². The lowest BCUT2D eigenvalue weighted by Crippen LogP contribution is -2.30. The van der Waals surface area contributed by atoms with Gasteiger partial charge in [-0.15, -0.1) is 0 Å². The quantitative estimate of drug-likeness (QED) is 0.498. The van der Waals surface area contributed by atoms with Gasteiger partial charge in [0, 0.05) is 18.7 Å². The topological polar surface area (TPSA) is 80.8 Å². The maximum absolute atomic E-state index is 12.6. The number of benzene rings is 2. The van der Waals surface area contributed by atoms with Gasteiger partial charge in [-0.3, -0.25) is 4.79 Å². The summed E-state index contributed by atoms with van der Waals surface area (Å²) in [6.45, 7) is 7.56. The van der Waals surface area contributed by atoms with Crippen LogP contribution < -0.4 is 0 Å². The van der Waals surface area contributed by atoms with Gasteiger partial charge >= 0.3 is 5.97 Å². The molecule has 2 aromatic rings. The molecular formula is C21H25NO5S. The van der Waals surface area contributed by atoms with Gasteiger partial charge in [0.15, 0.2) is 6.10 Å². The van der Waals surface area contributed by atoms with Gasteiger partial charge in [-0.2, -0.15) is 4.31 Å². The van der Waals surface area contributed by atoms with E-state index in [9.17, 15) is 18.0 Å². The van der Waals surface area contributed by atoms with Crippen molar-refractivity contribution in [2.24, 2.45) is 0 Å². The molecule has 0 heterocycles. The van der Waals surface area contributed by atoms with Crippen LogP contribution in [0.4, 0.5) is 0 Å². The minimum atomic E-state index is -3.69. The maximum atomic E-state index is 12.6. The van der Waals surface area contributed by atoms with Crippen LogP contribution in [0.1, 0.15) is 47.1 Å². The molecule has 0 N–H and O–H groups in total. The number of ether oxygens (including phenoxy) is 1. The molecule has 150 valence electrons. The molecule has 0 unspecified atom stereocenters. The number of ketones is 1. The summed E-state index contributed by atoms with van der Waals surface area (Å²) in [5.74, 6) is -1.06. The van der Waals surface area contributed by atoms with Crippen LogP contribution in [-0.4, -0.2) is 43.7 Å². The number of aryl methyl sites for hydroxylation is 1. The van der Waals surface area contributed by atoms with Crippen LogP contribution in [0, 0.1) is 6.92 Å². The monoisotopic (exact) mass is 403 g/mol. The minimum absolute atomic E-state index is 0.0168. The number of esters is 1. The first-order valence-corrected chi connectivity index (χ1v) is 10.6. The summed E-state index contributed by atoms with van der Waals surface area (Å²) >= 11 is 0. The molecule has 0 amide bonds. The molecule has 1 atom stereocenters. The third-order valence-electron chi connectivity index (χ3n) is 4.40. The summed E-state index contributed by atoms with van der Waals surface area (Å²) in [7, 11) is -3.69. The molecule has 0 aliphatic carbocycles. The molecule has 0 aliphatic heterocycles. The molecule has 0 fully saturated rings. The smallest absolute Gasteiger partial charge is 0.338 e. The van der Waals surface area contributed by atoms with Crippen LogP contribution in [0.25, 0.3) is 0 Å². The number of carbonyl (C=O) groups is 2. The zero-order valence-electron chi connectivity index (χ0n) is 16.5. The fourth-order valence-electron chi connectivity index (χ4n) is 2.73. The zero-order valence-corrected chi connectivity index (χ0v) is 17.3. The molecular weight excluding hydrogens is 378 g/mol. The fourth-order valence-corrected chi connectivity index (χ4v) is 4.24. The van der Waals surface area contributed by atoms with E-state index in [1.54, 1.807) is 26.0 Å². The Morgan fingerprint density at radius 1 is 1.00 bits per heavy atom. The summed E-state index contributed by atoms with van der Waals surface area (Å²) in [4.78, 5) is 24.9. The lowest BCUT2D eigenvalue weighted by Gasteiger charge is -2.19. The van der Waals surface area contributed by atoms with Crippen molar-refractivity contribution >= 4 is 21.8 Å². The molecule has 2 aromatic carbocycles. The van der Waals surface area contributed by atoms with Gasteiger partial charge in [0.25, 0.3) is 0 Å². The fraction of sp³-hybridized carbons (Fsp3) is 0.333. The highest BCUT2D eigenvalue weighted by Crippen LogP contribution is 2.18. The van der Waals surface area contributed by atoms with Crippen molar-refractivity contribution in [1.82, 2.24) is 4.31 Å². The van der Waals surface area contributed by atoms with Crippen molar-refractivity contribution in [2.45, 2.75) is 38.7 Å². The average molecular weight is 404 g/mol. The predicted molar refractivity (Wildman–Crippen MR) is 107 cm³/mol. The molecule has 28 heavy (non-hydrogen) atoms. The third-order valence-corrected chi connectivity index (χ3v) is 6.45. The van der Waals surface area contributed by atoms with E-state index in [1.165, 1.54) is 35.5 Å². The van der Waals surface area contributed by atoms with E-state index in [-0.39, 0.29) is 16.2 Å². The van der Waals surface area contributed by atoms with Crippen LogP contribution in [-0.2, 0) is 14.8 Å². The number of nitrogens with zero attached hydrogens (tertiary/aromatic N) is 1. The normalized spacial score (nSPS) is 12.6. The highest BCUT2D eigenvalue weighted by Gasteiger charge is 2.24. The van der Waals surface area contributed by atoms with Gasteiger partial charge in [-0.05, 0) is 32.0 Å². The minimum Gasteiger partial charge on any atom is -0.451 e. The molecule has 0 spiro atoms. The zero-order chi connectivity index (χ0) is 20.9. The second kappa shape index (κ2) is 9.12. The van der Waals surface area contributed by atoms with E-state index in [0.29, 0.717) is 18.7 Å². The highest BCUT2D eigenvalue weighted by atomic mass is 32.2. The van der Waals surface area contributed by atoms with E-state index < -0.39 is 22.1 Å². The predicted octanol–water partition coefficient (Wildman–Crippen LogP) is 3.45. The Kier molecular flexibility index (Phi) is 7.10. The first-order chi connectivity index (χ1) is 13.2. The van der Waals surface area contributed by atoms with Crippen LogP contribution in [0.5, 0.6) is 0 Å². The van der Waals surface area contributed by atoms with Crippen molar-refractivity contribution in [3.05, 3.63) is 65.2 Å². The van der Waals surface area contributed by atoms with Gasteiger partial charge in [-0.25, -0.2) is 13.2 Å². The first-order valence-electron chi connectivity index (χ1n) is 9.12. The number of carbonyl (C=O) groups excluding carboxylic acids is 2. The molecule has 6 nitrogen and oxygen atoms in total. The summed E-state index contributed by atoms with van der Waals surface area (Å²) in [6, 6.07) is 12.6. The van der Waals surface area contributed by atoms with E-state index >= 15 is 0 Å². The molecule has 0 saturated heterocycles. The number of hydrogen-bond donors (Lipinski definition) is 0. The van der Waals surface area contributed by atoms with Gasteiger partial charge < -0.3 is 4.74 Å². The van der Waals surface area contributed by atoms with Crippen LogP contribution in [0.3, 0.4) is 0 Å². The number of hydrogen-bond acceptors (Lipinski definition) is 5. The Balaban J connectivity index is 2.18. The summed E-state index contributed by atoms with van der Waals surface area (Å²) < 4.78 is 31.8. The summed E-state index contributed by atoms with van der Waals surface area (Å²) in [5.41, 5.74) is 1.55. The van der Waals surface area contributed by atoms with Crippen LogP contribution >= 0.6 is 0 Å². The van der Waals surface area contributed by atoms with E-state index in [4.69, 9.17) is 4.74 Å². The Morgan fingerprint density at radius 2 is 1.61 bits per heavy atom.